The average Bonchev–Trinajstić information content (AvgIpc) is 2.30. The summed E-state index contributed by atoms with van der Waals surface area (Å²) in [5, 5.41) is 4.31. The second kappa shape index (κ2) is 4.73. The lowest BCUT2D eigenvalue weighted by atomic mass is 10.3. The van der Waals surface area contributed by atoms with Crippen molar-refractivity contribution in [1.82, 2.24) is 9.78 Å². The fourth-order valence-corrected chi connectivity index (χ4v) is 1.27. The van der Waals surface area contributed by atoms with Crippen LogP contribution in [-0.4, -0.2) is 9.78 Å². The van der Waals surface area contributed by atoms with E-state index in [2.05, 4.69) is 18.9 Å². The highest BCUT2D eigenvalue weighted by Crippen LogP contribution is 2.11. The number of rotatable bonds is 2. The number of hydrogen-bond acceptors (Lipinski definition) is 1. The van der Waals surface area contributed by atoms with Gasteiger partial charge in [0.15, 0.2) is 0 Å². The van der Waals surface area contributed by atoms with E-state index < -0.39 is 0 Å². The average molecular weight is 209 g/mol. The predicted octanol–water partition coefficient (Wildman–Crippen LogP) is 2.93. The van der Waals surface area contributed by atoms with Crippen LogP contribution in [0.2, 0.25) is 0 Å². The van der Waals surface area contributed by atoms with Crippen molar-refractivity contribution in [2.75, 3.05) is 0 Å². The third-order valence-corrected chi connectivity index (χ3v) is 1.87. The number of aromatic nitrogens is 2. The van der Waals surface area contributed by atoms with Crippen LogP contribution < -0.4 is 0 Å². The first-order chi connectivity index (χ1) is 5.15. The molecule has 0 N–H and O–H groups in total. The van der Waals surface area contributed by atoms with E-state index in [-0.39, 0.29) is 12.4 Å². The highest BCUT2D eigenvalue weighted by atomic mass is 35.5. The van der Waals surface area contributed by atoms with Crippen LogP contribution in [0.15, 0.2) is 6.07 Å². The first-order valence-electron chi connectivity index (χ1n) is 3.76. The van der Waals surface area contributed by atoms with Crippen molar-refractivity contribution in [2.24, 2.45) is 0 Å². The molecule has 0 aliphatic carbocycles. The Morgan fingerprint density at radius 1 is 1.58 bits per heavy atom. The third-order valence-electron chi connectivity index (χ3n) is 1.60. The number of alkyl halides is 1. The van der Waals surface area contributed by atoms with Gasteiger partial charge in [0.25, 0.3) is 0 Å². The minimum atomic E-state index is 0. The number of hydrogen-bond donors (Lipinski definition) is 0. The minimum Gasteiger partial charge on any atom is -0.267 e. The third kappa shape index (κ3) is 2.39. The van der Waals surface area contributed by atoms with Gasteiger partial charge in [-0.15, -0.1) is 24.0 Å². The quantitative estimate of drug-likeness (QED) is 0.684. The topological polar surface area (TPSA) is 17.8 Å². The van der Waals surface area contributed by atoms with Gasteiger partial charge in [-0.05, 0) is 26.8 Å². The molecule has 12 heavy (non-hydrogen) atoms. The summed E-state index contributed by atoms with van der Waals surface area (Å²) in [5.74, 6) is 0.501. The van der Waals surface area contributed by atoms with Crippen LogP contribution in [0.25, 0.3) is 0 Å². The highest BCUT2D eigenvalue weighted by molar-refractivity contribution is 6.16. The zero-order valence-corrected chi connectivity index (χ0v) is 9.11. The van der Waals surface area contributed by atoms with Crippen LogP contribution in [0, 0.1) is 6.92 Å². The van der Waals surface area contributed by atoms with Gasteiger partial charge >= 0.3 is 0 Å². The maximum atomic E-state index is 5.64. The molecule has 2 nitrogen and oxygen atoms in total. The lowest BCUT2D eigenvalue weighted by Crippen LogP contribution is -2.04. The van der Waals surface area contributed by atoms with Gasteiger partial charge in [-0.25, -0.2) is 0 Å². The van der Waals surface area contributed by atoms with Crippen LogP contribution >= 0.6 is 24.0 Å². The van der Waals surface area contributed by atoms with Crippen LogP contribution in [-0.2, 0) is 5.88 Å². The molecule has 0 aliphatic rings. The molecule has 0 spiro atoms. The van der Waals surface area contributed by atoms with Gasteiger partial charge in [0.2, 0.25) is 0 Å². The molecule has 1 rings (SSSR count). The van der Waals surface area contributed by atoms with Crippen molar-refractivity contribution < 1.29 is 0 Å². The summed E-state index contributed by atoms with van der Waals surface area (Å²) in [6.45, 7) is 6.26. The zero-order valence-electron chi connectivity index (χ0n) is 7.54. The van der Waals surface area contributed by atoms with E-state index in [0.29, 0.717) is 11.9 Å². The van der Waals surface area contributed by atoms with E-state index in [0.717, 1.165) is 5.69 Å². The SMILES string of the molecule is Cc1cc(CCl)nn1C(C)C.Cl. The smallest absolute Gasteiger partial charge is 0.0775 e. The van der Waals surface area contributed by atoms with Crippen LogP contribution in [0.4, 0.5) is 0 Å². The molecular formula is C8H14Cl2N2. The highest BCUT2D eigenvalue weighted by Gasteiger charge is 2.04. The van der Waals surface area contributed by atoms with Crippen molar-refractivity contribution in [3.63, 3.8) is 0 Å². The summed E-state index contributed by atoms with van der Waals surface area (Å²) in [5.41, 5.74) is 2.13. The van der Waals surface area contributed by atoms with Crippen molar-refractivity contribution in [3.8, 4) is 0 Å². The Bertz CT molecular complexity index is 243. The fraction of sp³-hybridized carbons (Fsp3) is 0.625. The number of aryl methyl sites for hydroxylation is 1. The van der Waals surface area contributed by atoms with E-state index in [1.54, 1.807) is 0 Å². The lowest BCUT2D eigenvalue weighted by Gasteiger charge is -2.06. The maximum absolute atomic E-state index is 5.64. The summed E-state index contributed by atoms with van der Waals surface area (Å²) >= 11 is 5.64. The summed E-state index contributed by atoms with van der Waals surface area (Å²) in [6, 6.07) is 2.44. The van der Waals surface area contributed by atoms with Crippen LogP contribution in [0.5, 0.6) is 0 Å². The Morgan fingerprint density at radius 3 is 2.42 bits per heavy atom. The predicted molar refractivity (Wildman–Crippen MR) is 54.2 cm³/mol. The largest absolute Gasteiger partial charge is 0.267 e. The molecular weight excluding hydrogens is 195 g/mol. The first kappa shape index (κ1) is 11.8. The zero-order chi connectivity index (χ0) is 8.43. The first-order valence-corrected chi connectivity index (χ1v) is 4.29. The minimum absolute atomic E-state index is 0. The van der Waals surface area contributed by atoms with Gasteiger partial charge < -0.3 is 0 Å². The van der Waals surface area contributed by atoms with Crippen LogP contribution in [0.3, 0.4) is 0 Å². The molecule has 0 unspecified atom stereocenters. The van der Waals surface area contributed by atoms with E-state index in [1.165, 1.54) is 5.69 Å². The second-order valence-electron chi connectivity index (χ2n) is 2.95. The van der Waals surface area contributed by atoms with Crippen molar-refractivity contribution in [2.45, 2.75) is 32.7 Å². The number of halogens is 2. The van der Waals surface area contributed by atoms with Gasteiger partial charge in [0, 0.05) is 11.7 Å². The molecule has 0 amide bonds. The molecule has 0 aromatic carbocycles. The van der Waals surface area contributed by atoms with Crippen molar-refractivity contribution >= 4 is 24.0 Å². The summed E-state index contributed by atoms with van der Waals surface area (Å²) in [4.78, 5) is 0. The van der Waals surface area contributed by atoms with Gasteiger partial charge in [-0.1, -0.05) is 0 Å². The maximum Gasteiger partial charge on any atom is 0.0775 e. The van der Waals surface area contributed by atoms with E-state index >= 15 is 0 Å². The molecule has 70 valence electrons. The monoisotopic (exact) mass is 208 g/mol. The summed E-state index contributed by atoms with van der Waals surface area (Å²) in [7, 11) is 0. The molecule has 0 aliphatic heterocycles. The molecule has 4 heteroatoms. The molecule has 1 aromatic heterocycles. The van der Waals surface area contributed by atoms with Gasteiger partial charge in [0.05, 0.1) is 11.6 Å². The number of nitrogens with zero attached hydrogens (tertiary/aromatic N) is 2. The molecule has 1 aromatic rings. The second-order valence-corrected chi connectivity index (χ2v) is 3.22. The Kier molecular flexibility index (Phi) is 4.64. The van der Waals surface area contributed by atoms with Crippen LogP contribution in [0.1, 0.15) is 31.3 Å². The Labute approximate surface area is 84.3 Å². The molecule has 0 radical (unpaired) electrons. The fourth-order valence-electron chi connectivity index (χ4n) is 1.14. The standard InChI is InChI=1S/C8H13ClN2.ClH/c1-6(2)11-7(3)4-8(5-9)10-11;/h4,6H,5H2,1-3H3;1H. The summed E-state index contributed by atoms with van der Waals surface area (Å²) < 4.78 is 1.98. The molecule has 0 bridgehead atoms. The molecule has 0 saturated heterocycles. The lowest BCUT2D eigenvalue weighted by molar-refractivity contribution is 0.516. The molecule has 0 saturated carbocycles. The van der Waals surface area contributed by atoms with Gasteiger partial charge in [-0.3, -0.25) is 4.68 Å². The van der Waals surface area contributed by atoms with E-state index in [4.69, 9.17) is 11.6 Å². The Morgan fingerprint density at radius 2 is 2.17 bits per heavy atom. The van der Waals surface area contributed by atoms with Gasteiger partial charge in [-0.2, -0.15) is 5.10 Å². The molecule has 0 atom stereocenters. The summed E-state index contributed by atoms with van der Waals surface area (Å²) in [6.07, 6.45) is 0. The van der Waals surface area contributed by atoms with E-state index in [1.807, 2.05) is 17.7 Å². The molecule has 1 heterocycles. The van der Waals surface area contributed by atoms with E-state index in [9.17, 15) is 0 Å². The van der Waals surface area contributed by atoms with Crippen molar-refractivity contribution in [1.29, 1.82) is 0 Å². The Balaban J connectivity index is 0.00000121. The normalized spacial score (nSPS) is 10.1. The van der Waals surface area contributed by atoms with Crippen molar-refractivity contribution in [3.05, 3.63) is 17.5 Å². The van der Waals surface area contributed by atoms with Gasteiger partial charge in [0.1, 0.15) is 0 Å². The Hall–Kier alpha value is -0.210. The molecule has 0 fully saturated rings.